The summed E-state index contributed by atoms with van der Waals surface area (Å²) in [7, 11) is -1.12. The molecular weight excluding hydrogens is 294 g/mol. The fraction of sp³-hybridized carbons (Fsp3) is 0.600. The smallest absolute Gasteiger partial charge is 0.0702 e. The molecule has 1 aliphatic heterocycles. The monoisotopic (exact) mass is 313 g/mol. The number of ether oxygens (including phenoxy) is 1. The van der Waals surface area contributed by atoms with Crippen LogP contribution in [0.15, 0.2) is 23.1 Å². The predicted molar refractivity (Wildman–Crippen MR) is 82.4 cm³/mol. The van der Waals surface area contributed by atoms with E-state index >= 15 is 0 Å². The standard InChI is InChI=1S/C15H20ClNO2S/c16-13-9-11(17)3-4-14(13)20(18)10-12-5-8-15(19-12)6-1-2-7-15/h3-4,9,12H,1-2,5-8,10,17H2. The molecule has 1 saturated carbocycles. The lowest BCUT2D eigenvalue weighted by atomic mass is 9.98. The molecule has 1 aromatic carbocycles. The third-order valence-electron chi connectivity index (χ3n) is 4.39. The van der Waals surface area contributed by atoms with E-state index < -0.39 is 10.8 Å². The van der Waals surface area contributed by atoms with Crippen molar-refractivity contribution in [3.8, 4) is 0 Å². The van der Waals surface area contributed by atoms with Gasteiger partial charge in [0.05, 0.1) is 38.2 Å². The van der Waals surface area contributed by atoms with Crippen molar-refractivity contribution in [3.05, 3.63) is 23.2 Å². The van der Waals surface area contributed by atoms with Crippen LogP contribution < -0.4 is 5.73 Å². The Kier molecular flexibility index (Phi) is 4.07. The molecule has 2 fully saturated rings. The van der Waals surface area contributed by atoms with Crippen molar-refractivity contribution in [2.45, 2.75) is 55.1 Å². The largest absolute Gasteiger partial charge is 0.399 e. The van der Waals surface area contributed by atoms with Gasteiger partial charge in [-0.15, -0.1) is 0 Å². The average molecular weight is 314 g/mol. The molecule has 5 heteroatoms. The molecule has 20 heavy (non-hydrogen) atoms. The topological polar surface area (TPSA) is 52.3 Å². The van der Waals surface area contributed by atoms with E-state index in [9.17, 15) is 4.21 Å². The van der Waals surface area contributed by atoms with Gasteiger partial charge in [-0.3, -0.25) is 4.21 Å². The number of anilines is 1. The number of rotatable bonds is 3. The summed E-state index contributed by atoms with van der Waals surface area (Å²) in [6, 6.07) is 5.16. The van der Waals surface area contributed by atoms with E-state index in [0.29, 0.717) is 21.4 Å². The van der Waals surface area contributed by atoms with Gasteiger partial charge in [-0.05, 0) is 43.9 Å². The number of nitrogens with two attached hydrogens (primary N) is 1. The molecule has 1 aromatic rings. The van der Waals surface area contributed by atoms with Crippen molar-refractivity contribution in [1.29, 1.82) is 0 Å². The molecule has 3 rings (SSSR count). The van der Waals surface area contributed by atoms with Crippen molar-refractivity contribution in [3.63, 3.8) is 0 Å². The highest BCUT2D eigenvalue weighted by Gasteiger charge is 2.42. The van der Waals surface area contributed by atoms with Crippen LogP contribution in [0, 0.1) is 0 Å². The summed E-state index contributed by atoms with van der Waals surface area (Å²) >= 11 is 6.12. The Hall–Kier alpha value is -0.580. The third kappa shape index (κ3) is 2.87. The average Bonchev–Trinajstić information content (AvgIpc) is 3.00. The van der Waals surface area contributed by atoms with Gasteiger partial charge in [-0.25, -0.2) is 0 Å². The maximum absolute atomic E-state index is 12.4. The first kappa shape index (κ1) is 14.4. The van der Waals surface area contributed by atoms with E-state index in [1.807, 2.05) is 0 Å². The summed E-state index contributed by atoms with van der Waals surface area (Å²) in [5, 5.41) is 0.483. The van der Waals surface area contributed by atoms with Gasteiger partial charge >= 0.3 is 0 Å². The van der Waals surface area contributed by atoms with E-state index in [2.05, 4.69) is 0 Å². The second kappa shape index (κ2) is 5.66. The molecule has 110 valence electrons. The van der Waals surface area contributed by atoms with Gasteiger partial charge in [0, 0.05) is 5.69 Å². The number of benzene rings is 1. The third-order valence-corrected chi connectivity index (χ3v) is 6.34. The van der Waals surface area contributed by atoms with E-state index in [0.717, 1.165) is 12.8 Å². The second-order valence-electron chi connectivity index (χ2n) is 5.87. The molecule has 0 aromatic heterocycles. The molecule has 0 bridgehead atoms. The van der Waals surface area contributed by atoms with E-state index in [-0.39, 0.29) is 11.7 Å². The van der Waals surface area contributed by atoms with Crippen molar-refractivity contribution in [2.24, 2.45) is 0 Å². The minimum absolute atomic E-state index is 0.0970. The summed E-state index contributed by atoms with van der Waals surface area (Å²) in [5.41, 5.74) is 6.35. The van der Waals surface area contributed by atoms with Gasteiger partial charge in [-0.2, -0.15) is 0 Å². The lowest BCUT2D eigenvalue weighted by Crippen LogP contribution is -2.27. The summed E-state index contributed by atoms with van der Waals surface area (Å²) < 4.78 is 18.6. The van der Waals surface area contributed by atoms with Crippen LogP contribution in [0.3, 0.4) is 0 Å². The minimum atomic E-state index is -1.12. The van der Waals surface area contributed by atoms with Gasteiger partial charge in [0.25, 0.3) is 0 Å². The highest BCUT2D eigenvalue weighted by molar-refractivity contribution is 7.85. The first-order valence-corrected chi connectivity index (χ1v) is 8.89. The normalized spacial score (nSPS) is 26.1. The number of hydrogen-bond acceptors (Lipinski definition) is 3. The first-order valence-electron chi connectivity index (χ1n) is 7.19. The van der Waals surface area contributed by atoms with Crippen molar-refractivity contribution in [2.75, 3.05) is 11.5 Å². The van der Waals surface area contributed by atoms with Crippen LogP contribution in [0.25, 0.3) is 0 Å². The molecule has 1 saturated heterocycles. The fourth-order valence-corrected chi connectivity index (χ4v) is 5.06. The van der Waals surface area contributed by atoms with Crippen LogP contribution in [0.5, 0.6) is 0 Å². The van der Waals surface area contributed by atoms with Gasteiger partial charge in [-0.1, -0.05) is 24.4 Å². The zero-order valence-electron chi connectivity index (χ0n) is 11.4. The molecule has 1 heterocycles. The molecule has 2 aliphatic rings. The Labute approximate surface area is 127 Å². The zero-order valence-corrected chi connectivity index (χ0v) is 13.0. The lowest BCUT2D eigenvalue weighted by molar-refractivity contribution is -0.0270. The van der Waals surface area contributed by atoms with Crippen molar-refractivity contribution >= 4 is 28.1 Å². The Morgan fingerprint density at radius 2 is 2.10 bits per heavy atom. The summed E-state index contributed by atoms with van der Waals surface area (Å²) in [5.74, 6) is 0.533. The van der Waals surface area contributed by atoms with Crippen LogP contribution in [0.2, 0.25) is 5.02 Å². The summed E-state index contributed by atoms with van der Waals surface area (Å²) in [6.07, 6.45) is 7.09. The Bertz CT molecular complexity index is 529. The quantitative estimate of drug-likeness (QED) is 0.869. The Morgan fingerprint density at radius 1 is 1.35 bits per heavy atom. The Morgan fingerprint density at radius 3 is 2.80 bits per heavy atom. The first-order chi connectivity index (χ1) is 9.58. The summed E-state index contributed by atoms with van der Waals surface area (Å²) in [6.45, 7) is 0. The molecule has 1 spiro atoms. The SMILES string of the molecule is Nc1ccc(S(=O)CC2CCC3(CCCC3)O2)c(Cl)c1. The van der Waals surface area contributed by atoms with E-state index in [1.54, 1.807) is 18.2 Å². The van der Waals surface area contributed by atoms with Gasteiger partial charge < -0.3 is 10.5 Å². The molecule has 2 N–H and O–H groups in total. The zero-order chi connectivity index (χ0) is 14.2. The molecular formula is C15H20ClNO2S. The highest BCUT2D eigenvalue weighted by Crippen LogP contribution is 2.43. The number of hydrogen-bond donors (Lipinski definition) is 1. The van der Waals surface area contributed by atoms with Crippen molar-refractivity contribution < 1.29 is 8.95 Å². The Balaban J connectivity index is 1.65. The van der Waals surface area contributed by atoms with E-state index in [4.69, 9.17) is 22.1 Å². The number of nitrogen functional groups attached to an aromatic ring is 1. The van der Waals surface area contributed by atoms with Gasteiger partial charge in [0.2, 0.25) is 0 Å². The molecule has 2 unspecified atom stereocenters. The van der Waals surface area contributed by atoms with Gasteiger partial charge in [0.15, 0.2) is 0 Å². The van der Waals surface area contributed by atoms with Crippen LogP contribution >= 0.6 is 11.6 Å². The maximum Gasteiger partial charge on any atom is 0.0702 e. The maximum atomic E-state index is 12.4. The second-order valence-corrected chi connectivity index (χ2v) is 7.74. The van der Waals surface area contributed by atoms with Crippen LogP contribution in [-0.4, -0.2) is 21.7 Å². The fourth-order valence-electron chi connectivity index (χ4n) is 3.36. The minimum Gasteiger partial charge on any atom is -0.399 e. The molecule has 0 amide bonds. The number of halogens is 1. The van der Waals surface area contributed by atoms with Crippen LogP contribution in [0.4, 0.5) is 5.69 Å². The molecule has 1 aliphatic carbocycles. The van der Waals surface area contributed by atoms with E-state index in [1.165, 1.54) is 25.7 Å². The van der Waals surface area contributed by atoms with Gasteiger partial charge in [0.1, 0.15) is 0 Å². The van der Waals surface area contributed by atoms with Crippen molar-refractivity contribution in [1.82, 2.24) is 0 Å². The predicted octanol–water partition coefficient (Wildman–Crippen LogP) is 3.52. The molecule has 3 nitrogen and oxygen atoms in total. The van der Waals surface area contributed by atoms with Crippen LogP contribution in [0.1, 0.15) is 38.5 Å². The molecule has 2 atom stereocenters. The lowest BCUT2D eigenvalue weighted by Gasteiger charge is -2.23. The van der Waals surface area contributed by atoms with Crippen LogP contribution in [-0.2, 0) is 15.5 Å². The molecule has 0 radical (unpaired) electrons. The summed E-state index contributed by atoms with van der Waals surface area (Å²) in [4.78, 5) is 0.664. The highest BCUT2D eigenvalue weighted by atomic mass is 35.5.